The molecule has 2 N–H and O–H groups in total. The molecule has 7 heteroatoms. The minimum absolute atomic E-state index is 0.139. The zero-order valence-electron chi connectivity index (χ0n) is 13.5. The zero-order valence-corrected chi connectivity index (χ0v) is 13.5. The third-order valence-corrected chi connectivity index (χ3v) is 3.37. The molecule has 0 atom stereocenters. The third kappa shape index (κ3) is 4.51. The van der Waals surface area contributed by atoms with Gasteiger partial charge in [0, 0.05) is 36.6 Å². The molecule has 126 valence electrons. The van der Waals surface area contributed by atoms with E-state index in [-0.39, 0.29) is 24.1 Å². The van der Waals surface area contributed by atoms with Gasteiger partial charge in [-0.25, -0.2) is 0 Å². The molecule has 0 saturated carbocycles. The summed E-state index contributed by atoms with van der Waals surface area (Å²) in [7, 11) is 0. The number of benzene rings is 1. The molecule has 0 unspecified atom stereocenters. The van der Waals surface area contributed by atoms with Gasteiger partial charge >= 0.3 is 0 Å². The van der Waals surface area contributed by atoms with E-state index in [1.54, 1.807) is 48.8 Å². The van der Waals surface area contributed by atoms with Gasteiger partial charge in [0.15, 0.2) is 0 Å². The molecule has 2 heterocycles. The summed E-state index contributed by atoms with van der Waals surface area (Å²) < 4.78 is 5.13. The normalized spacial score (nSPS) is 10.3. The minimum Gasteiger partial charge on any atom is -0.338 e. The highest BCUT2D eigenvalue weighted by Gasteiger charge is 2.10. The van der Waals surface area contributed by atoms with Gasteiger partial charge < -0.3 is 9.84 Å². The van der Waals surface area contributed by atoms with Gasteiger partial charge in [0.25, 0.3) is 0 Å². The molecule has 0 radical (unpaired) electrons. The number of hydrogen-bond donors (Lipinski definition) is 2. The van der Waals surface area contributed by atoms with E-state index in [1.165, 1.54) is 6.92 Å². The minimum atomic E-state index is -0.221. The Labute approximate surface area is 144 Å². The van der Waals surface area contributed by atoms with Crippen molar-refractivity contribution in [1.29, 1.82) is 0 Å². The van der Waals surface area contributed by atoms with Crippen LogP contribution in [0.5, 0.6) is 0 Å². The maximum atomic E-state index is 12.1. The van der Waals surface area contributed by atoms with Crippen molar-refractivity contribution < 1.29 is 14.1 Å². The number of nitrogens with one attached hydrogen (secondary N) is 2. The highest BCUT2D eigenvalue weighted by atomic mass is 16.5. The molecule has 0 bridgehead atoms. The lowest BCUT2D eigenvalue weighted by molar-refractivity contribution is -0.116. The van der Waals surface area contributed by atoms with Crippen LogP contribution in [0.4, 0.5) is 11.6 Å². The summed E-state index contributed by atoms with van der Waals surface area (Å²) in [5.41, 5.74) is 2.91. The molecule has 3 rings (SSSR count). The molecular formula is C18H16N4O3. The van der Waals surface area contributed by atoms with Crippen molar-refractivity contribution in [1.82, 2.24) is 10.1 Å². The van der Waals surface area contributed by atoms with Crippen molar-refractivity contribution in [3.05, 3.63) is 60.4 Å². The molecular weight excluding hydrogens is 320 g/mol. The highest BCUT2D eigenvalue weighted by molar-refractivity contribution is 5.92. The number of carbonyl (C=O) groups is 2. The van der Waals surface area contributed by atoms with Crippen LogP contribution in [0.3, 0.4) is 0 Å². The summed E-state index contributed by atoms with van der Waals surface area (Å²) in [5, 5.41) is 9.26. The molecule has 7 nitrogen and oxygen atoms in total. The van der Waals surface area contributed by atoms with Crippen LogP contribution in [0.15, 0.2) is 59.4 Å². The first-order valence-corrected chi connectivity index (χ1v) is 7.63. The Morgan fingerprint density at radius 1 is 1.12 bits per heavy atom. The van der Waals surface area contributed by atoms with Crippen molar-refractivity contribution in [2.24, 2.45) is 0 Å². The van der Waals surface area contributed by atoms with Gasteiger partial charge in [0.05, 0.1) is 6.42 Å². The molecule has 2 amide bonds. The number of pyridine rings is 1. The Morgan fingerprint density at radius 3 is 2.60 bits per heavy atom. The van der Waals surface area contributed by atoms with Gasteiger partial charge in [-0.15, -0.1) is 0 Å². The van der Waals surface area contributed by atoms with E-state index in [0.717, 1.165) is 11.1 Å². The monoisotopic (exact) mass is 336 g/mol. The van der Waals surface area contributed by atoms with Crippen LogP contribution in [-0.2, 0) is 16.0 Å². The van der Waals surface area contributed by atoms with Gasteiger partial charge in [-0.1, -0.05) is 17.3 Å². The first-order valence-electron chi connectivity index (χ1n) is 7.63. The van der Waals surface area contributed by atoms with Crippen LogP contribution in [-0.4, -0.2) is 22.0 Å². The fourth-order valence-electron chi connectivity index (χ4n) is 2.26. The van der Waals surface area contributed by atoms with E-state index in [4.69, 9.17) is 4.52 Å². The number of aromatic nitrogens is 2. The number of amides is 2. The van der Waals surface area contributed by atoms with Crippen LogP contribution in [0, 0.1) is 0 Å². The number of rotatable bonds is 5. The zero-order chi connectivity index (χ0) is 17.6. The standard InChI is InChI=1S/C18H16N4O3/c1-12(23)20-15-6-4-13(5-7-15)9-17(24)21-18-10-16(22-25-18)14-3-2-8-19-11-14/h2-8,10-11H,9H2,1H3,(H,20,23)(H,21,24). The van der Waals surface area contributed by atoms with Crippen LogP contribution in [0.1, 0.15) is 12.5 Å². The smallest absolute Gasteiger partial charge is 0.231 e. The van der Waals surface area contributed by atoms with Crippen molar-refractivity contribution in [2.45, 2.75) is 13.3 Å². The van der Waals surface area contributed by atoms with E-state index < -0.39 is 0 Å². The number of nitrogens with zero attached hydrogens (tertiary/aromatic N) is 2. The summed E-state index contributed by atoms with van der Waals surface area (Å²) in [6.45, 7) is 1.44. The van der Waals surface area contributed by atoms with Gasteiger partial charge in [-0.2, -0.15) is 0 Å². The van der Waals surface area contributed by atoms with Gasteiger partial charge in [-0.3, -0.25) is 19.9 Å². The van der Waals surface area contributed by atoms with E-state index in [2.05, 4.69) is 20.8 Å². The van der Waals surface area contributed by atoms with Crippen LogP contribution >= 0.6 is 0 Å². The molecule has 2 aromatic heterocycles. The number of carbonyl (C=O) groups excluding carboxylic acids is 2. The summed E-state index contributed by atoms with van der Waals surface area (Å²) in [6, 6.07) is 12.4. The fourth-order valence-corrected chi connectivity index (χ4v) is 2.26. The van der Waals surface area contributed by atoms with Gasteiger partial charge in [0.1, 0.15) is 5.69 Å². The van der Waals surface area contributed by atoms with Crippen LogP contribution in [0.25, 0.3) is 11.3 Å². The molecule has 0 aliphatic heterocycles. The predicted octanol–water partition coefficient (Wildman–Crippen LogP) is 2.88. The first kappa shape index (κ1) is 16.4. The average Bonchev–Trinajstić information content (AvgIpc) is 3.05. The molecule has 0 fully saturated rings. The number of anilines is 2. The van der Waals surface area contributed by atoms with Crippen molar-refractivity contribution in [3.8, 4) is 11.3 Å². The Bertz CT molecular complexity index is 873. The summed E-state index contributed by atoms with van der Waals surface area (Å²) in [4.78, 5) is 27.1. The molecule has 0 aliphatic carbocycles. The molecule has 0 saturated heterocycles. The maximum Gasteiger partial charge on any atom is 0.231 e. The van der Waals surface area contributed by atoms with Crippen LogP contribution < -0.4 is 10.6 Å². The Kier molecular flexibility index (Phi) is 4.84. The molecule has 0 aliphatic rings. The summed E-state index contributed by atoms with van der Waals surface area (Å²) in [6.07, 6.45) is 3.52. The van der Waals surface area contributed by atoms with E-state index in [9.17, 15) is 9.59 Å². The van der Waals surface area contributed by atoms with Crippen molar-refractivity contribution in [2.75, 3.05) is 10.6 Å². The topological polar surface area (TPSA) is 97.1 Å². The van der Waals surface area contributed by atoms with E-state index in [0.29, 0.717) is 11.4 Å². The molecule has 1 aromatic carbocycles. The van der Waals surface area contributed by atoms with Crippen molar-refractivity contribution in [3.63, 3.8) is 0 Å². The lowest BCUT2D eigenvalue weighted by atomic mass is 10.1. The summed E-state index contributed by atoms with van der Waals surface area (Å²) in [5.74, 6) is -0.0832. The lowest BCUT2D eigenvalue weighted by Gasteiger charge is -2.04. The SMILES string of the molecule is CC(=O)Nc1ccc(CC(=O)Nc2cc(-c3cccnc3)no2)cc1. The Morgan fingerprint density at radius 2 is 1.92 bits per heavy atom. The number of hydrogen-bond acceptors (Lipinski definition) is 5. The molecule has 25 heavy (non-hydrogen) atoms. The molecule has 3 aromatic rings. The third-order valence-electron chi connectivity index (χ3n) is 3.37. The largest absolute Gasteiger partial charge is 0.338 e. The first-order chi connectivity index (χ1) is 12.1. The predicted molar refractivity (Wildman–Crippen MR) is 92.8 cm³/mol. The van der Waals surface area contributed by atoms with Crippen LogP contribution in [0.2, 0.25) is 0 Å². The molecule has 0 spiro atoms. The lowest BCUT2D eigenvalue weighted by Crippen LogP contribution is -2.14. The Hall–Kier alpha value is -3.48. The van der Waals surface area contributed by atoms with E-state index in [1.807, 2.05) is 6.07 Å². The van der Waals surface area contributed by atoms with E-state index >= 15 is 0 Å². The second-order valence-corrected chi connectivity index (χ2v) is 5.42. The van der Waals surface area contributed by atoms with Gasteiger partial charge in [-0.05, 0) is 29.8 Å². The second kappa shape index (κ2) is 7.39. The van der Waals surface area contributed by atoms with Crippen molar-refractivity contribution >= 4 is 23.4 Å². The fraction of sp³-hybridized carbons (Fsp3) is 0.111. The quantitative estimate of drug-likeness (QED) is 0.747. The Balaban J connectivity index is 1.59. The maximum absolute atomic E-state index is 12.1. The summed E-state index contributed by atoms with van der Waals surface area (Å²) >= 11 is 0. The second-order valence-electron chi connectivity index (χ2n) is 5.42. The average molecular weight is 336 g/mol. The highest BCUT2D eigenvalue weighted by Crippen LogP contribution is 2.20. The van der Waals surface area contributed by atoms with Gasteiger partial charge in [0.2, 0.25) is 17.7 Å².